The summed E-state index contributed by atoms with van der Waals surface area (Å²) in [5, 5.41) is 9.98. The number of halogens is 4. The van der Waals surface area contributed by atoms with Crippen molar-refractivity contribution in [1.29, 1.82) is 5.26 Å². The molecule has 5 nitrogen and oxygen atoms in total. The summed E-state index contributed by atoms with van der Waals surface area (Å²) in [6.07, 6.45) is -3.16. The largest absolute Gasteiger partial charge is 0.461 e. The molecule has 3 rings (SSSR count). The number of primary amides is 1. The highest BCUT2D eigenvalue weighted by atomic mass is 35.5. The number of carbonyl (C=O) groups is 1. The van der Waals surface area contributed by atoms with Gasteiger partial charge in [-0.3, -0.25) is 4.79 Å². The highest BCUT2D eigenvalue weighted by molar-refractivity contribution is 6.30. The van der Waals surface area contributed by atoms with Crippen molar-refractivity contribution in [2.24, 2.45) is 11.7 Å². The van der Waals surface area contributed by atoms with Crippen LogP contribution in [-0.2, 0) is 17.4 Å². The summed E-state index contributed by atoms with van der Waals surface area (Å²) >= 11 is 6.03. The number of alkyl halides is 3. The van der Waals surface area contributed by atoms with E-state index in [1.807, 2.05) is 25.1 Å². The third-order valence-electron chi connectivity index (χ3n) is 6.13. The number of nitriles is 1. The lowest BCUT2D eigenvalue weighted by atomic mass is 9.77. The monoisotopic (exact) mass is 515 g/mol. The summed E-state index contributed by atoms with van der Waals surface area (Å²) in [6, 6.07) is 18.7. The van der Waals surface area contributed by atoms with Gasteiger partial charge in [0.05, 0.1) is 17.2 Å². The fourth-order valence-corrected chi connectivity index (χ4v) is 4.28. The summed E-state index contributed by atoms with van der Waals surface area (Å²) in [5.41, 5.74) is 5.63. The zero-order valence-electron chi connectivity index (χ0n) is 19.7. The predicted molar refractivity (Wildman–Crippen MR) is 130 cm³/mol. The maximum absolute atomic E-state index is 12.9. The molecule has 0 fully saturated rings. The van der Waals surface area contributed by atoms with Gasteiger partial charge in [-0.2, -0.15) is 18.4 Å². The molecule has 3 aromatic rings. The molecule has 0 radical (unpaired) electrons. The van der Waals surface area contributed by atoms with E-state index in [0.717, 1.165) is 23.3 Å². The van der Waals surface area contributed by atoms with Crippen LogP contribution in [0.15, 0.2) is 66.9 Å². The number of rotatable bonds is 9. The van der Waals surface area contributed by atoms with Crippen LogP contribution in [0.25, 0.3) is 0 Å². The van der Waals surface area contributed by atoms with Gasteiger partial charge in [-0.1, -0.05) is 42.8 Å². The van der Waals surface area contributed by atoms with Crippen LogP contribution in [0.5, 0.6) is 5.88 Å². The van der Waals surface area contributed by atoms with Gasteiger partial charge >= 0.3 is 6.18 Å². The van der Waals surface area contributed by atoms with Gasteiger partial charge in [0.25, 0.3) is 5.91 Å². The molecular weight excluding hydrogens is 491 g/mol. The Labute approximate surface area is 212 Å². The number of carbonyl (C=O) groups excluding carboxylic acids is 1. The van der Waals surface area contributed by atoms with Gasteiger partial charge in [0.1, 0.15) is 0 Å². The summed E-state index contributed by atoms with van der Waals surface area (Å²) in [7, 11) is 0. The van der Waals surface area contributed by atoms with Crippen LogP contribution in [0.1, 0.15) is 48.4 Å². The molecule has 36 heavy (non-hydrogen) atoms. The Bertz CT molecular complexity index is 1240. The van der Waals surface area contributed by atoms with Crippen molar-refractivity contribution < 1.29 is 22.7 Å². The molecule has 188 valence electrons. The molecule has 1 amide bonds. The van der Waals surface area contributed by atoms with E-state index in [9.17, 15) is 23.2 Å². The molecule has 1 aromatic heterocycles. The van der Waals surface area contributed by atoms with Crippen molar-refractivity contribution in [3.8, 4) is 11.9 Å². The van der Waals surface area contributed by atoms with Crippen LogP contribution >= 0.6 is 11.6 Å². The van der Waals surface area contributed by atoms with Crippen molar-refractivity contribution >= 4 is 17.5 Å². The third kappa shape index (κ3) is 6.76. The first-order valence-electron chi connectivity index (χ1n) is 11.2. The molecule has 9 heteroatoms. The van der Waals surface area contributed by atoms with Crippen molar-refractivity contribution in [3.63, 3.8) is 0 Å². The molecule has 2 aromatic carbocycles. The predicted octanol–water partition coefficient (Wildman–Crippen LogP) is 6.30. The molecule has 0 aliphatic heterocycles. The lowest BCUT2D eigenvalue weighted by Crippen LogP contribution is -2.48. The van der Waals surface area contributed by atoms with Crippen LogP contribution in [0.3, 0.4) is 0 Å². The molecule has 1 heterocycles. The number of ether oxygens (including phenoxy) is 1. The second kappa shape index (κ2) is 11.0. The first kappa shape index (κ1) is 27.0. The van der Waals surface area contributed by atoms with Gasteiger partial charge in [-0.05, 0) is 73.1 Å². The fourth-order valence-electron chi connectivity index (χ4n) is 4.15. The van der Waals surface area contributed by atoms with E-state index in [4.69, 9.17) is 22.1 Å². The number of benzene rings is 2. The van der Waals surface area contributed by atoms with Crippen LogP contribution < -0.4 is 10.5 Å². The SMILES string of the molecule is CC(CC(C)(Oc1ccc(C(F)(F)F)cn1)C(N)=O)C(Cc1ccc(Cl)cc1)c1cccc(C#N)c1. The Hall–Kier alpha value is -3.57. The van der Waals surface area contributed by atoms with Gasteiger partial charge in [-0.15, -0.1) is 0 Å². The molecule has 0 aliphatic rings. The summed E-state index contributed by atoms with van der Waals surface area (Å²) < 4.78 is 44.4. The highest BCUT2D eigenvalue weighted by Crippen LogP contribution is 2.36. The molecule has 0 saturated heterocycles. The standard InChI is InChI=1S/C27H25ClF3N3O2/c1-17(14-26(2,25(33)35)36-24-11-8-21(16-34-24)27(29,30)31)23(13-18-6-9-22(28)10-7-18)20-5-3-4-19(12-20)15-32/h3-12,16-17,23H,13-14H2,1-2H3,(H2,33,35). The Morgan fingerprint density at radius 1 is 1.17 bits per heavy atom. The number of nitrogens with zero attached hydrogens (tertiary/aromatic N) is 2. The third-order valence-corrected chi connectivity index (χ3v) is 6.38. The zero-order valence-corrected chi connectivity index (χ0v) is 20.5. The summed E-state index contributed by atoms with van der Waals surface area (Å²) in [4.78, 5) is 16.2. The van der Waals surface area contributed by atoms with Crippen molar-refractivity contribution in [1.82, 2.24) is 4.98 Å². The van der Waals surface area contributed by atoms with Crippen molar-refractivity contribution in [2.75, 3.05) is 0 Å². The van der Waals surface area contributed by atoms with Crippen LogP contribution in [0.4, 0.5) is 13.2 Å². The zero-order chi connectivity index (χ0) is 26.5. The van der Waals surface area contributed by atoms with E-state index in [0.29, 0.717) is 23.2 Å². The molecule has 2 N–H and O–H groups in total. The number of aromatic nitrogens is 1. The molecule has 0 bridgehead atoms. The lowest BCUT2D eigenvalue weighted by molar-refractivity contribution is -0.138. The van der Waals surface area contributed by atoms with Crippen LogP contribution in [0, 0.1) is 17.2 Å². The Morgan fingerprint density at radius 3 is 2.42 bits per heavy atom. The summed E-state index contributed by atoms with van der Waals surface area (Å²) in [5.74, 6) is -1.24. The quantitative estimate of drug-likeness (QED) is 0.362. The number of hydrogen-bond donors (Lipinski definition) is 1. The minimum absolute atomic E-state index is 0.137. The van der Waals surface area contributed by atoms with Crippen LogP contribution in [0.2, 0.25) is 5.02 Å². The number of nitrogens with two attached hydrogens (primary N) is 1. The average molecular weight is 516 g/mol. The second-order valence-corrected chi connectivity index (χ2v) is 9.37. The van der Waals surface area contributed by atoms with Gasteiger partial charge in [-0.25, -0.2) is 4.98 Å². The molecule has 0 aliphatic carbocycles. The normalized spacial score (nSPS) is 14.8. The van der Waals surface area contributed by atoms with Crippen LogP contribution in [-0.4, -0.2) is 16.5 Å². The van der Waals surface area contributed by atoms with Crippen molar-refractivity contribution in [3.05, 3.63) is 94.1 Å². The van der Waals surface area contributed by atoms with E-state index >= 15 is 0 Å². The van der Waals surface area contributed by atoms with E-state index in [1.54, 1.807) is 30.3 Å². The minimum Gasteiger partial charge on any atom is -0.461 e. The average Bonchev–Trinajstić information content (AvgIpc) is 2.83. The molecule has 3 atom stereocenters. The van der Waals surface area contributed by atoms with Gasteiger partial charge in [0.2, 0.25) is 5.88 Å². The van der Waals surface area contributed by atoms with E-state index in [2.05, 4.69) is 11.1 Å². The first-order valence-corrected chi connectivity index (χ1v) is 11.6. The van der Waals surface area contributed by atoms with E-state index in [1.165, 1.54) is 6.92 Å². The number of amides is 1. The van der Waals surface area contributed by atoms with E-state index in [-0.39, 0.29) is 24.1 Å². The maximum Gasteiger partial charge on any atom is 0.417 e. The number of hydrogen-bond acceptors (Lipinski definition) is 4. The maximum atomic E-state index is 12.9. The lowest BCUT2D eigenvalue weighted by Gasteiger charge is -2.33. The minimum atomic E-state index is -4.54. The number of pyridine rings is 1. The van der Waals surface area contributed by atoms with Gasteiger partial charge in [0.15, 0.2) is 5.60 Å². The summed E-state index contributed by atoms with van der Waals surface area (Å²) in [6.45, 7) is 3.43. The van der Waals surface area contributed by atoms with Gasteiger partial charge < -0.3 is 10.5 Å². The Balaban J connectivity index is 1.90. The first-order chi connectivity index (χ1) is 16.9. The van der Waals surface area contributed by atoms with Crippen molar-refractivity contribution in [2.45, 2.75) is 44.4 Å². The second-order valence-electron chi connectivity index (χ2n) is 8.94. The molecule has 0 saturated carbocycles. The molecular formula is C27H25ClF3N3O2. The smallest absolute Gasteiger partial charge is 0.417 e. The Kier molecular flexibility index (Phi) is 8.26. The topological polar surface area (TPSA) is 89.0 Å². The highest BCUT2D eigenvalue weighted by Gasteiger charge is 2.38. The molecule has 0 spiro atoms. The van der Waals surface area contributed by atoms with Gasteiger partial charge in [0, 0.05) is 17.3 Å². The fraction of sp³-hybridized carbons (Fsp3) is 0.296. The Morgan fingerprint density at radius 2 is 1.86 bits per heavy atom. The molecule has 3 unspecified atom stereocenters. The van der Waals surface area contributed by atoms with E-state index < -0.39 is 23.2 Å².